The minimum Gasteiger partial charge on any atom is -0.512 e. The summed E-state index contributed by atoms with van der Waals surface area (Å²) in [6.07, 6.45) is 10.3. The molecule has 2 aromatic carbocycles. The first-order chi connectivity index (χ1) is 21.8. The summed E-state index contributed by atoms with van der Waals surface area (Å²) in [6.45, 7) is 18.9. The molecule has 0 fully saturated rings. The topological polar surface area (TPSA) is 63.1 Å². The van der Waals surface area contributed by atoms with E-state index < -0.39 is 0 Å². The number of hydrogen-bond acceptors (Lipinski definition) is 5. The quantitative estimate of drug-likeness (QED) is 0.0913. The second-order valence-electron chi connectivity index (χ2n) is 13.7. The fourth-order valence-electron chi connectivity index (χ4n) is 5.57. The first-order valence-electron chi connectivity index (χ1n) is 16.5. The Labute approximate surface area is 299 Å². The number of aromatic nitrogens is 2. The summed E-state index contributed by atoms with van der Waals surface area (Å²) in [5, 5.41) is 16.0. The van der Waals surface area contributed by atoms with E-state index in [0.29, 0.717) is 0 Å². The number of hydrogen-bond donors (Lipinski definition) is 1. The summed E-state index contributed by atoms with van der Waals surface area (Å²) in [6, 6.07) is 20.6. The largest absolute Gasteiger partial charge is 0.512 e. The van der Waals surface area contributed by atoms with Gasteiger partial charge >= 0.3 is 0 Å². The van der Waals surface area contributed by atoms with E-state index >= 15 is 0 Å². The molecular weight excluding hydrogens is 777 g/mol. The molecule has 5 aromatic rings. The first-order valence-corrected chi connectivity index (χ1v) is 17.4. The number of pyridine rings is 2. The number of carbonyl (C=O) groups excluding carboxylic acids is 1. The zero-order valence-corrected chi connectivity index (χ0v) is 32.5. The normalized spacial score (nSPS) is 12.4. The van der Waals surface area contributed by atoms with E-state index in [4.69, 9.17) is 4.98 Å². The molecule has 0 spiro atoms. The van der Waals surface area contributed by atoms with Gasteiger partial charge in [0.05, 0.1) is 0 Å². The molecule has 0 atom stereocenters. The van der Waals surface area contributed by atoms with Crippen LogP contribution in [0.1, 0.15) is 93.6 Å². The van der Waals surface area contributed by atoms with E-state index in [0.717, 1.165) is 42.3 Å². The van der Waals surface area contributed by atoms with Crippen LogP contribution in [-0.2, 0) is 30.3 Å². The van der Waals surface area contributed by atoms with Crippen LogP contribution in [-0.4, -0.2) is 20.9 Å². The van der Waals surface area contributed by atoms with Crippen LogP contribution in [0.25, 0.3) is 43.2 Å². The monoisotopic (exact) mass is 826 g/mol. The molecule has 0 saturated heterocycles. The van der Waals surface area contributed by atoms with Crippen LogP contribution in [0.3, 0.4) is 0 Å². The maximum atomic E-state index is 12.2. The number of aliphatic hydroxyl groups is 1. The van der Waals surface area contributed by atoms with Gasteiger partial charge in [-0.05, 0) is 71.2 Å². The standard InChI is InChI=1S/C26H21N2S.C15H28O2.Ir/c1-26(2,3)23-15-19(14-18-6-4-5-7-20(18)23)24-25-21(10-13-28-24)22(16-29-25)17-8-11-27-12-9-17;1-7-14(5,8-2)12(16)11-13(17)15(6,9-3)10-4;/h4-13,15-16H,1-3H3;11,16H,7-10H2,1-6H3;/q-1;;/b;12-11-;. The number of fused-ring (bicyclic) bond motifs is 2. The first kappa shape index (κ1) is 38.3. The van der Waals surface area contributed by atoms with Gasteiger partial charge in [0, 0.05) is 66.0 Å². The van der Waals surface area contributed by atoms with Crippen molar-refractivity contribution in [3.63, 3.8) is 0 Å². The Hall–Kier alpha value is -3.18. The van der Waals surface area contributed by atoms with Crippen LogP contribution in [0.5, 0.6) is 0 Å². The number of allylic oxidation sites excluding steroid dienone is 2. The molecule has 3 aromatic heterocycles. The molecule has 0 unspecified atom stereocenters. The van der Waals surface area contributed by atoms with Crippen LogP contribution >= 0.6 is 11.3 Å². The Morgan fingerprint density at radius 2 is 1.47 bits per heavy atom. The van der Waals surface area contributed by atoms with Crippen molar-refractivity contribution in [2.45, 2.75) is 93.4 Å². The Balaban J connectivity index is 0.000000290. The summed E-state index contributed by atoms with van der Waals surface area (Å²) < 4.78 is 1.20. The van der Waals surface area contributed by atoms with E-state index in [2.05, 4.69) is 85.7 Å². The van der Waals surface area contributed by atoms with Crippen LogP contribution in [0, 0.1) is 16.9 Å². The van der Waals surface area contributed by atoms with Gasteiger partial charge in [-0.15, -0.1) is 40.5 Å². The molecule has 6 heteroatoms. The minimum atomic E-state index is -0.337. The SMILES string of the molecule is CC(C)(C)c1cc(-c2nccc3c(-c4ccncc4)csc23)[c-]c2ccccc12.CCC(C)(CC)C(=O)/C=C(\O)C(C)(CC)CC.[Ir]. The van der Waals surface area contributed by atoms with E-state index in [1.54, 1.807) is 11.3 Å². The molecule has 5 rings (SSSR count). The molecule has 0 amide bonds. The summed E-state index contributed by atoms with van der Waals surface area (Å²) in [5.41, 5.74) is 5.23. The zero-order valence-electron chi connectivity index (χ0n) is 29.3. The minimum absolute atomic E-state index is 0. The number of benzene rings is 2. The van der Waals surface area contributed by atoms with Crippen molar-refractivity contribution in [3.05, 3.63) is 96.0 Å². The van der Waals surface area contributed by atoms with Gasteiger partial charge in [0.2, 0.25) is 0 Å². The zero-order chi connectivity index (χ0) is 33.7. The number of ketones is 1. The van der Waals surface area contributed by atoms with Crippen molar-refractivity contribution in [2.75, 3.05) is 0 Å². The van der Waals surface area contributed by atoms with Gasteiger partial charge in [-0.1, -0.05) is 91.5 Å². The fraction of sp³-hybridized carbons (Fsp3) is 0.390. The third kappa shape index (κ3) is 8.28. The molecule has 0 aliphatic heterocycles. The second-order valence-corrected chi connectivity index (χ2v) is 14.6. The number of aliphatic hydroxyl groups excluding tert-OH is 1. The van der Waals surface area contributed by atoms with Gasteiger partial charge in [-0.3, -0.25) is 14.8 Å². The Morgan fingerprint density at radius 1 is 0.851 bits per heavy atom. The molecule has 0 bridgehead atoms. The van der Waals surface area contributed by atoms with E-state index in [1.807, 2.05) is 60.1 Å². The predicted molar refractivity (Wildman–Crippen MR) is 196 cm³/mol. The average Bonchev–Trinajstić information content (AvgIpc) is 3.51. The molecule has 0 saturated carbocycles. The van der Waals surface area contributed by atoms with Crippen LogP contribution in [0.4, 0.5) is 0 Å². The van der Waals surface area contributed by atoms with Gasteiger partial charge in [0.25, 0.3) is 0 Å². The van der Waals surface area contributed by atoms with E-state index in [1.165, 1.54) is 38.2 Å². The van der Waals surface area contributed by atoms with Gasteiger partial charge in [0.15, 0.2) is 5.78 Å². The van der Waals surface area contributed by atoms with Crippen molar-refractivity contribution >= 4 is 38.0 Å². The van der Waals surface area contributed by atoms with Crippen molar-refractivity contribution in [1.82, 2.24) is 9.97 Å². The van der Waals surface area contributed by atoms with Crippen LogP contribution < -0.4 is 0 Å². The summed E-state index contributed by atoms with van der Waals surface area (Å²) in [4.78, 5) is 21.1. The van der Waals surface area contributed by atoms with E-state index in [-0.39, 0.29) is 47.9 Å². The number of nitrogens with zero attached hydrogens (tertiary/aromatic N) is 2. The number of thiophene rings is 1. The number of rotatable bonds is 9. The van der Waals surface area contributed by atoms with Gasteiger partial charge in [-0.25, -0.2) is 0 Å². The predicted octanol–water partition coefficient (Wildman–Crippen LogP) is 11.9. The molecule has 3 heterocycles. The van der Waals surface area contributed by atoms with Crippen molar-refractivity contribution in [3.8, 4) is 22.4 Å². The van der Waals surface area contributed by atoms with Gasteiger partial charge < -0.3 is 5.11 Å². The average molecular weight is 826 g/mol. The summed E-state index contributed by atoms with van der Waals surface area (Å²) >= 11 is 1.75. The Morgan fingerprint density at radius 3 is 2.06 bits per heavy atom. The van der Waals surface area contributed by atoms with Crippen LogP contribution in [0.15, 0.2) is 84.3 Å². The summed E-state index contributed by atoms with van der Waals surface area (Å²) in [7, 11) is 0. The molecule has 4 nitrogen and oxygen atoms in total. The fourth-order valence-corrected chi connectivity index (χ4v) is 6.65. The number of carbonyl (C=O) groups is 1. The Bertz CT molecular complexity index is 1830. The Kier molecular flexibility index (Phi) is 12.9. The molecule has 1 N–H and O–H groups in total. The van der Waals surface area contributed by atoms with E-state index in [9.17, 15) is 9.90 Å². The molecule has 47 heavy (non-hydrogen) atoms. The summed E-state index contributed by atoms with van der Waals surface area (Å²) in [5.74, 6) is 0.286. The van der Waals surface area contributed by atoms with Crippen molar-refractivity contribution in [1.29, 1.82) is 0 Å². The molecule has 0 aliphatic carbocycles. The van der Waals surface area contributed by atoms with Gasteiger partial charge in [0.1, 0.15) is 5.76 Å². The van der Waals surface area contributed by atoms with Crippen molar-refractivity contribution < 1.29 is 30.0 Å². The molecule has 251 valence electrons. The maximum absolute atomic E-state index is 12.2. The van der Waals surface area contributed by atoms with Gasteiger partial charge in [-0.2, -0.15) is 0 Å². The molecule has 0 aliphatic rings. The molecule has 1 radical (unpaired) electrons. The smallest absolute Gasteiger partial charge is 0.164 e. The van der Waals surface area contributed by atoms with Crippen molar-refractivity contribution in [2.24, 2.45) is 10.8 Å². The van der Waals surface area contributed by atoms with Crippen LogP contribution in [0.2, 0.25) is 0 Å². The third-order valence-corrected chi connectivity index (χ3v) is 10.9. The molecular formula is C41H49IrN2O2S-. The maximum Gasteiger partial charge on any atom is 0.164 e. The third-order valence-electron chi connectivity index (χ3n) is 9.92. The second kappa shape index (κ2) is 15.8.